The fraction of sp³-hybridized carbons (Fsp3) is 0.111. The van der Waals surface area contributed by atoms with E-state index in [1.54, 1.807) is 11.3 Å². The second kappa shape index (κ2) is 2.00. The Kier molecular flexibility index (Phi) is 1.15. The second-order valence-corrected chi connectivity index (χ2v) is 3.22. The van der Waals surface area contributed by atoms with E-state index < -0.39 is 0 Å². The zero-order valence-corrected chi connectivity index (χ0v) is 6.46. The molecule has 0 radical (unpaired) electrons. The Hall–Kier alpha value is -1.00. The maximum atomic E-state index is 3.08. The molecule has 48 valence electrons. The van der Waals surface area contributed by atoms with E-state index >= 15 is 0 Å². The fourth-order valence-corrected chi connectivity index (χ4v) is 1.78. The average molecular weight is 146 g/mol. The van der Waals surface area contributed by atoms with Crippen LogP contribution in [0.15, 0.2) is 22.8 Å². The predicted octanol–water partition coefficient (Wildman–Crippen LogP) is 1.02. The van der Waals surface area contributed by atoms with Gasteiger partial charge in [-0.1, -0.05) is 11.5 Å². The Morgan fingerprint density at radius 2 is 2.30 bits per heavy atom. The fourth-order valence-electron chi connectivity index (χ4n) is 0.935. The molecule has 0 saturated heterocycles. The van der Waals surface area contributed by atoms with Gasteiger partial charge in [0.05, 0.1) is 0 Å². The maximum absolute atomic E-state index is 3.08. The Labute approximate surface area is 63.1 Å². The smallest absolute Gasteiger partial charge is 0.0436 e. The van der Waals surface area contributed by atoms with E-state index in [0.717, 1.165) is 5.57 Å². The summed E-state index contributed by atoms with van der Waals surface area (Å²) in [5.74, 6) is 0. The maximum Gasteiger partial charge on any atom is 0.0436 e. The van der Waals surface area contributed by atoms with Crippen LogP contribution in [-0.4, -0.2) is 0 Å². The van der Waals surface area contributed by atoms with Crippen molar-refractivity contribution >= 4 is 23.1 Å². The van der Waals surface area contributed by atoms with Crippen molar-refractivity contribution in [2.24, 2.45) is 0 Å². The Balaban J connectivity index is 3.09. The highest BCUT2D eigenvalue weighted by Gasteiger charge is 1.89. The molecule has 0 unspecified atom stereocenters. The summed E-state index contributed by atoms with van der Waals surface area (Å²) in [4.78, 5) is 0. The minimum atomic E-state index is 1.16. The Morgan fingerprint density at radius 3 is 3.20 bits per heavy atom. The highest BCUT2D eigenvalue weighted by molar-refractivity contribution is 7.07. The van der Waals surface area contributed by atoms with Crippen LogP contribution in [0.3, 0.4) is 0 Å². The Bertz CT molecular complexity index is 435. The van der Waals surface area contributed by atoms with Gasteiger partial charge in [-0.15, -0.1) is 11.3 Å². The Morgan fingerprint density at radius 1 is 1.40 bits per heavy atom. The van der Waals surface area contributed by atoms with Crippen LogP contribution in [0.1, 0.15) is 6.92 Å². The highest BCUT2D eigenvalue weighted by atomic mass is 32.1. The first-order valence-electron chi connectivity index (χ1n) is 3.14. The lowest BCUT2D eigenvalue weighted by Crippen LogP contribution is -2.17. The normalized spacial score (nSPS) is 13.1. The summed E-state index contributed by atoms with van der Waals surface area (Å²) in [6.45, 7) is 2.04. The number of allylic oxidation sites excluding steroid dienone is 1. The van der Waals surface area contributed by atoms with Gasteiger partial charge in [0.1, 0.15) is 0 Å². The van der Waals surface area contributed by atoms with E-state index in [1.807, 2.05) is 6.92 Å². The van der Waals surface area contributed by atoms with E-state index in [9.17, 15) is 0 Å². The van der Waals surface area contributed by atoms with Crippen LogP contribution in [0.5, 0.6) is 0 Å². The largest absolute Gasteiger partial charge is 0.143 e. The first kappa shape index (κ1) is 5.76. The van der Waals surface area contributed by atoms with Gasteiger partial charge >= 0.3 is 0 Å². The van der Waals surface area contributed by atoms with Gasteiger partial charge in [-0.05, 0) is 24.4 Å². The average Bonchev–Trinajstić information content (AvgIpc) is 2.33. The van der Waals surface area contributed by atoms with Crippen molar-refractivity contribution < 1.29 is 0 Å². The lowest BCUT2D eigenvalue weighted by Gasteiger charge is -1.83. The summed E-state index contributed by atoms with van der Waals surface area (Å²) in [5.41, 5.74) is 7.29. The minimum absolute atomic E-state index is 1.16. The molecule has 1 aliphatic carbocycles. The third-order valence-electron chi connectivity index (χ3n) is 1.44. The molecule has 0 amide bonds. The number of hydrogen-bond acceptors (Lipinski definition) is 1. The molecule has 1 aromatic rings. The summed E-state index contributed by atoms with van der Waals surface area (Å²) < 4.78 is 1.30. The molecule has 0 nitrogen and oxygen atoms in total. The molecule has 0 atom stereocenters. The van der Waals surface area contributed by atoms with Gasteiger partial charge in [0, 0.05) is 15.3 Å². The van der Waals surface area contributed by atoms with Crippen molar-refractivity contribution in [1.82, 2.24) is 0 Å². The SMILES string of the molecule is CC1=C=C=c2ccsc2=C1. The van der Waals surface area contributed by atoms with Crippen molar-refractivity contribution in [1.29, 1.82) is 0 Å². The third-order valence-corrected chi connectivity index (χ3v) is 2.30. The number of rotatable bonds is 0. The number of thiophene rings is 1. The molecule has 1 heteroatoms. The first-order chi connectivity index (χ1) is 4.86. The van der Waals surface area contributed by atoms with E-state index in [1.165, 1.54) is 9.75 Å². The van der Waals surface area contributed by atoms with Crippen molar-refractivity contribution in [2.45, 2.75) is 6.92 Å². The molecular formula is C9H6S. The topological polar surface area (TPSA) is 0 Å². The van der Waals surface area contributed by atoms with Crippen molar-refractivity contribution in [2.75, 3.05) is 0 Å². The van der Waals surface area contributed by atoms with Crippen molar-refractivity contribution in [3.8, 4) is 0 Å². The quantitative estimate of drug-likeness (QED) is 0.479. The molecular weight excluding hydrogens is 140 g/mol. The van der Waals surface area contributed by atoms with Gasteiger partial charge in [-0.25, -0.2) is 0 Å². The minimum Gasteiger partial charge on any atom is -0.143 e. The zero-order chi connectivity index (χ0) is 6.97. The van der Waals surface area contributed by atoms with Gasteiger partial charge in [0.2, 0.25) is 0 Å². The predicted molar refractivity (Wildman–Crippen MR) is 44.1 cm³/mol. The number of fused-ring (bicyclic) bond motifs is 1. The third kappa shape index (κ3) is 0.778. The van der Waals surface area contributed by atoms with Gasteiger partial charge in [-0.3, -0.25) is 0 Å². The molecule has 0 fully saturated rings. The van der Waals surface area contributed by atoms with E-state index in [2.05, 4.69) is 29.0 Å². The summed E-state index contributed by atoms with van der Waals surface area (Å²) >= 11 is 1.75. The van der Waals surface area contributed by atoms with Crippen molar-refractivity contribution in [3.63, 3.8) is 0 Å². The molecule has 0 bridgehead atoms. The van der Waals surface area contributed by atoms with Crippen LogP contribution < -0.4 is 9.75 Å². The summed E-state index contributed by atoms with van der Waals surface area (Å²) in [6, 6.07) is 2.07. The summed E-state index contributed by atoms with van der Waals surface area (Å²) in [5, 5.41) is 3.25. The van der Waals surface area contributed by atoms with Gasteiger partial charge in [-0.2, -0.15) is 0 Å². The number of hydrogen-bond donors (Lipinski definition) is 0. The zero-order valence-electron chi connectivity index (χ0n) is 5.64. The summed E-state index contributed by atoms with van der Waals surface area (Å²) in [6.07, 6.45) is 2.14. The van der Waals surface area contributed by atoms with Gasteiger partial charge < -0.3 is 0 Å². The molecule has 0 saturated carbocycles. The van der Waals surface area contributed by atoms with Crippen LogP contribution >= 0.6 is 11.3 Å². The first-order valence-corrected chi connectivity index (χ1v) is 4.02. The van der Waals surface area contributed by atoms with Gasteiger partial charge in [0.15, 0.2) is 0 Å². The van der Waals surface area contributed by atoms with Crippen LogP contribution in [-0.2, 0) is 0 Å². The molecule has 0 aromatic carbocycles. The van der Waals surface area contributed by atoms with Gasteiger partial charge in [0.25, 0.3) is 0 Å². The molecule has 2 rings (SSSR count). The van der Waals surface area contributed by atoms with E-state index in [0.29, 0.717) is 0 Å². The summed E-state index contributed by atoms with van der Waals surface area (Å²) in [7, 11) is 0. The highest BCUT2D eigenvalue weighted by Crippen LogP contribution is 1.93. The molecule has 0 aliphatic heterocycles. The molecule has 1 heterocycles. The van der Waals surface area contributed by atoms with Crippen LogP contribution in [0.4, 0.5) is 0 Å². The van der Waals surface area contributed by atoms with Crippen molar-refractivity contribution in [3.05, 3.63) is 32.5 Å². The van der Waals surface area contributed by atoms with Crippen LogP contribution in [0, 0.1) is 0 Å². The standard InChI is InChI=1S/C9H6S/c1-7-2-3-8-4-5-10-9(8)6-7/h4-6H,1H3. The molecule has 1 aromatic heterocycles. The van der Waals surface area contributed by atoms with E-state index in [-0.39, 0.29) is 0 Å². The second-order valence-electron chi connectivity index (χ2n) is 2.28. The van der Waals surface area contributed by atoms with Crippen LogP contribution in [0.2, 0.25) is 0 Å². The molecule has 0 N–H and O–H groups in total. The van der Waals surface area contributed by atoms with E-state index in [4.69, 9.17) is 0 Å². The molecule has 10 heavy (non-hydrogen) atoms. The lowest BCUT2D eigenvalue weighted by molar-refractivity contribution is 1.58. The lowest BCUT2D eigenvalue weighted by atomic mass is 10.2. The monoisotopic (exact) mass is 146 g/mol. The molecule has 0 spiro atoms. The molecule has 1 aliphatic rings. The van der Waals surface area contributed by atoms with Crippen LogP contribution in [0.25, 0.3) is 11.8 Å².